The van der Waals surface area contributed by atoms with Gasteiger partial charge in [0, 0.05) is 24.5 Å². The van der Waals surface area contributed by atoms with Crippen molar-refractivity contribution >= 4 is 22.7 Å². The van der Waals surface area contributed by atoms with Crippen LogP contribution in [0.5, 0.6) is 0 Å². The summed E-state index contributed by atoms with van der Waals surface area (Å²) in [4.78, 5) is 26.3. The zero-order chi connectivity index (χ0) is 15.7. The molecule has 7 nitrogen and oxygen atoms in total. The molecule has 0 radical (unpaired) electrons. The number of amides is 2. The van der Waals surface area contributed by atoms with E-state index in [-0.39, 0.29) is 17.9 Å². The molecule has 1 aromatic carbocycles. The van der Waals surface area contributed by atoms with Crippen LogP contribution in [-0.2, 0) is 4.79 Å². The largest absolute Gasteiger partial charge is 0.339 e. The predicted molar refractivity (Wildman–Crippen MR) is 82.2 cm³/mol. The van der Waals surface area contributed by atoms with Crippen molar-refractivity contribution in [1.82, 2.24) is 20.4 Å². The second-order valence-electron chi connectivity index (χ2n) is 5.65. The van der Waals surface area contributed by atoms with Crippen LogP contribution in [0.3, 0.4) is 0 Å². The number of likely N-dealkylation sites (tertiary alicyclic amines) is 1. The number of H-pyrrole nitrogens is 1. The highest BCUT2D eigenvalue weighted by molar-refractivity contribution is 6.05. The standard InChI is InChI=1S/C15H19N5O2/c1-9(15(22)20-7-6-10(16)8-20)17-14(21)13-11-4-2-3-5-12(11)18-19-13/h2-5,9-10H,6-8,16H2,1H3,(H,17,21)(H,18,19)/t9?,10-/m1/s1. The Morgan fingerprint density at radius 1 is 1.45 bits per heavy atom. The Bertz CT molecular complexity index is 711. The summed E-state index contributed by atoms with van der Waals surface area (Å²) in [6.45, 7) is 2.87. The number of carbonyl (C=O) groups is 2. The molecule has 0 bridgehead atoms. The van der Waals surface area contributed by atoms with Gasteiger partial charge in [-0.2, -0.15) is 5.10 Å². The van der Waals surface area contributed by atoms with Crippen molar-refractivity contribution in [2.75, 3.05) is 13.1 Å². The molecule has 0 aliphatic carbocycles. The van der Waals surface area contributed by atoms with Crippen molar-refractivity contribution in [1.29, 1.82) is 0 Å². The molecule has 1 aliphatic rings. The minimum absolute atomic E-state index is 0.0298. The minimum atomic E-state index is -0.603. The van der Waals surface area contributed by atoms with Gasteiger partial charge in [-0.3, -0.25) is 14.7 Å². The molecule has 1 unspecified atom stereocenters. The zero-order valence-corrected chi connectivity index (χ0v) is 12.4. The van der Waals surface area contributed by atoms with E-state index in [9.17, 15) is 9.59 Å². The molecule has 0 saturated carbocycles. The van der Waals surface area contributed by atoms with Crippen LogP contribution >= 0.6 is 0 Å². The summed E-state index contributed by atoms with van der Waals surface area (Å²) in [5, 5.41) is 10.3. The highest BCUT2D eigenvalue weighted by Crippen LogP contribution is 2.15. The third kappa shape index (κ3) is 2.67. The quantitative estimate of drug-likeness (QED) is 0.755. The summed E-state index contributed by atoms with van der Waals surface area (Å²) in [6, 6.07) is 6.80. The van der Waals surface area contributed by atoms with Crippen molar-refractivity contribution < 1.29 is 9.59 Å². The van der Waals surface area contributed by atoms with E-state index in [0.29, 0.717) is 18.8 Å². The number of nitrogens with zero attached hydrogens (tertiary/aromatic N) is 2. The topological polar surface area (TPSA) is 104 Å². The van der Waals surface area contributed by atoms with Crippen molar-refractivity contribution in [3.63, 3.8) is 0 Å². The van der Waals surface area contributed by atoms with Crippen molar-refractivity contribution in [2.45, 2.75) is 25.4 Å². The number of benzene rings is 1. The molecule has 22 heavy (non-hydrogen) atoms. The molecule has 2 atom stereocenters. The van der Waals surface area contributed by atoms with Gasteiger partial charge in [0.05, 0.1) is 5.52 Å². The summed E-state index contributed by atoms with van der Waals surface area (Å²) < 4.78 is 0. The van der Waals surface area contributed by atoms with E-state index < -0.39 is 6.04 Å². The summed E-state index contributed by atoms with van der Waals surface area (Å²) in [7, 11) is 0. The Kier molecular flexibility index (Phi) is 3.81. The molecule has 116 valence electrons. The van der Waals surface area contributed by atoms with Crippen LogP contribution in [0.2, 0.25) is 0 Å². The fraction of sp³-hybridized carbons (Fsp3) is 0.400. The number of nitrogens with two attached hydrogens (primary N) is 1. The molecule has 2 amide bonds. The third-order valence-corrected chi connectivity index (χ3v) is 3.94. The molecule has 1 aromatic heterocycles. The maximum absolute atomic E-state index is 12.3. The van der Waals surface area contributed by atoms with E-state index in [2.05, 4.69) is 15.5 Å². The van der Waals surface area contributed by atoms with Crippen LogP contribution < -0.4 is 11.1 Å². The molecule has 4 N–H and O–H groups in total. The monoisotopic (exact) mass is 301 g/mol. The number of hydrogen-bond donors (Lipinski definition) is 3. The zero-order valence-electron chi connectivity index (χ0n) is 12.4. The van der Waals surface area contributed by atoms with Gasteiger partial charge in [0.25, 0.3) is 5.91 Å². The third-order valence-electron chi connectivity index (χ3n) is 3.94. The maximum atomic E-state index is 12.3. The molecular formula is C15H19N5O2. The van der Waals surface area contributed by atoms with Gasteiger partial charge in [-0.1, -0.05) is 18.2 Å². The second kappa shape index (κ2) is 5.76. The molecule has 1 saturated heterocycles. The van der Waals surface area contributed by atoms with Gasteiger partial charge >= 0.3 is 0 Å². The number of fused-ring (bicyclic) bond motifs is 1. The smallest absolute Gasteiger partial charge is 0.273 e. The number of aromatic amines is 1. The number of nitrogens with one attached hydrogen (secondary N) is 2. The first-order chi connectivity index (χ1) is 10.6. The van der Waals surface area contributed by atoms with Gasteiger partial charge in [0.2, 0.25) is 5.91 Å². The Hall–Kier alpha value is -2.41. The molecule has 7 heteroatoms. The first kappa shape index (κ1) is 14.5. The summed E-state index contributed by atoms with van der Waals surface area (Å²) in [5.74, 6) is -0.470. The van der Waals surface area contributed by atoms with E-state index in [1.54, 1.807) is 11.8 Å². The van der Waals surface area contributed by atoms with Crippen molar-refractivity contribution in [3.05, 3.63) is 30.0 Å². The summed E-state index contributed by atoms with van der Waals surface area (Å²) in [6.07, 6.45) is 0.802. The van der Waals surface area contributed by atoms with Crippen molar-refractivity contribution in [2.24, 2.45) is 5.73 Å². The molecule has 2 aromatic rings. The van der Waals surface area contributed by atoms with E-state index in [1.807, 2.05) is 24.3 Å². The lowest BCUT2D eigenvalue weighted by molar-refractivity contribution is -0.131. The molecular weight excluding hydrogens is 282 g/mol. The Morgan fingerprint density at radius 2 is 2.23 bits per heavy atom. The average molecular weight is 301 g/mol. The second-order valence-corrected chi connectivity index (χ2v) is 5.65. The fourth-order valence-electron chi connectivity index (χ4n) is 2.72. The first-order valence-corrected chi connectivity index (χ1v) is 7.34. The molecule has 2 heterocycles. The summed E-state index contributed by atoms with van der Waals surface area (Å²) >= 11 is 0. The van der Waals surface area contributed by atoms with Crippen LogP contribution in [0.25, 0.3) is 10.9 Å². The van der Waals surface area contributed by atoms with Gasteiger partial charge in [-0.05, 0) is 19.4 Å². The predicted octanol–water partition coefficient (Wildman–Crippen LogP) is 0.241. The van der Waals surface area contributed by atoms with Gasteiger partial charge in [0.1, 0.15) is 6.04 Å². The van der Waals surface area contributed by atoms with Gasteiger partial charge in [-0.25, -0.2) is 0 Å². The lowest BCUT2D eigenvalue weighted by atomic mass is 10.2. The Balaban J connectivity index is 1.70. The molecule has 3 rings (SSSR count). The highest BCUT2D eigenvalue weighted by Gasteiger charge is 2.28. The van der Waals surface area contributed by atoms with E-state index in [1.165, 1.54) is 0 Å². The number of aromatic nitrogens is 2. The van der Waals surface area contributed by atoms with Crippen LogP contribution in [0.15, 0.2) is 24.3 Å². The normalized spacial score (nSPS) is 19.4. The summed E-state index contributed by atoms with van der Waals surface area (Å²) in [5.41, 5.74) is 6.90. The van der Waals surface area contributed by atoms with Crippen molar-refractivity contribution in [3.8, 4) is 0 Å². The van der Waals surface area contributed by atoms with Crippen LogP contribution in [0.1, 0.15) is 23.8 Å². The van der Waals surface area contributed by atoms with Crippen LogP contribution in [-0.4, -0.2) is 52.1 Å². The lowest BCUT2D eigenvalue weighted by Gasteiger charge is -2.21. The SMILES string of the molecule is CC(NC(=O)c1n[nH]c2ccccc12)C(=O)N1CC[C@@H](N)C1. The van der Waals surface area contributed by atoms with Crippen LogP contribution in [0, 0.1) is 0 Å². The van der Waals surface area contributed by atoms with Gasteiger partial charge < -0.3 is 16.0 Å². The molecule has 0 spiro atoms. The maximum Gasteiger partial charge on any atom is 0.273 e. The number of para-hydroxylation sites is 1. The minimum Gasteiger partial charge on any atom is -0.339 e. The van der Waals surface area contributed by atoms with Gasteiger partial charge in [0.15, 0.2) is 5.69 Å². The molecule has 1 aliphatic heterocycles. The molecule has 1 fully saturated rings. The van der Waals surface area contributed by atoms with E-state index >= 15 is 0 Å². The number of rotatable bonds is 3. The van der Waals surface area contributed by atoms with E-state index in [0.717, 1.165) is 17.3 Å². The number of hydrogen-bond acceptors (Lipinski definition) is 4. The van der Waals surface area contributed by atoms with E-state index in [4.69, 9.17) is 5.73 Å². The Labute approximate surface area is 127 Å². The first-order valence-electron chi connectivity index (χ1n) is 7.34. The Morgan fingerprint density at radius 3 is 2.95 bits per heavy atom. The number of carbonyl (C=O) groups excluding carboxylic acids is 2. The average Bonchev–Trinajstić information content (AvgIpc) is 3.12. The lowest BCUT2D eigenvalue weighted by Crippen LogP contribution is -2.46. The highest BCUT2D eigenvalue weighted by atomic mass is 16.2. The fourth-order valence-corrected chi connectivity index (χ4v) is 2.72. The van der Waals surface area contributed by atoms with Gasteiger partial charge in [-0.15, -0.1) is 0 Å². The van der Waals surface area contributed by atoms with Crippen LogP contribution in [0.4, 0.5) is 0 Å².